The number of benzene rings is 1. The summed E-state index contributed by atoms with van der Waals surface area (Å²) in [6.45, 7) is 0.616. The molecule has 1 heterocycles. The summed E-state index contributed by atoms with van der Waals surface area (Å²) in [6.07, 6.45) is 3.53. The molecule has 1 aromatic rings. The molecule has 0 unspecified atom stereocenters. The van der Waals surface area contributed by atoms with E-state index in [-0.39, 0.29) is 18.4 Å². The monoisotopic (exact) mass is 288 g/mol. The molecule has 2 aliphatic rings. The van der Waals surface area contributed by atoms with Crippen molar-refractivity contribution in [2.24, 2.45) is 0 Å². The number of methoxy groups -OCH3 is 1. The lowest BCUT2D eigenvalue weighted by Gasteiger charge is -2.39. The highest BCUT2D eigenvalue weighted by Crippen LogP contribution is 2.33. The molecule has 0 atom stereocenters. The number of hydrogen-bond acceptors (Lipinski definition) is 3. The Hall–Kier alpha value is -2.04. The first kappa shape index (κ1) is 13.9. The van der Waals surface area contributed by atoms with E-state index in [0.29, 0.717) is 6.54 Å². The summed E-state index contributed by atoms with van der Waals surface area (Å²) in [5.74, 6) is 0.800. The van der Waals surface area contributed by atoms with Crippen LogP contribution in [0.1, 0.15) is 31.2 Å². The van der Waals surface area contributed by atoms with Crippen LogP contribution in [0.25, 0.3) is 0 Å². The third-order valence-corrected chi connectivity index (χ3v) is 4.40. The van der Waals surface area contributed by atoms with Gasteiger partial charge in [-0.15, -0.1) is 0 Å². The van der Waals surface area contributed by atoms with Crippen molar-refractivity contribution in [1.82, 2.24) is 10.2 Å². The minimum atomic E-state index is -0.637. The van der Waals surface area contributed by atoms with Crippen LogP contribution < -0.4 is 10.1 Å². The Kier molecular flexibility index (Phi) is 3.57. The largest absolute Gasteiger partial charge is 0.497 e. The first-order valence-corrected chi connectivity index (χ1v) is 7.36. The highest BCUT2D eigenvalue weighted by molar-refractivity contribution is 5.98. The van der Waals surface area contributed by atoms with E-state index in [2.05, 4.69) is 5.32 Å². The molecule has 112 valence electrons. The van der Waals surface area contributed by atoms with Gasteiger partial charge in [0.15, 0.2) is 0 Å². The first-order chi connectivity index (χ1) is 10.1. The average molecular weight is 288 g/mol. The minimum absolute atomic E-state index is 0.0509. The molecule has 0 bridgehead atoms. The number of nitrogens with one attached hydrogen (secondary N) is 1. The Labute approximate surface area is 124 Å². The van der Waals surface area contributed by atoms with Crippen molar-refractivity contribution in [2.45, 2.75) is 37.8 Å². The molecule has 1 saturated carbocycles. The Bertz CT molecular complexity index is 547. The lowest BCUT2D eigenvalue weighted by molar-refractivity contribution is -0.150. The van der Waals surface area contributed by atoms with Crippen LogP contribution in [0.5, 0.6) is 5.75 Å². The van der Waals surface area contributed by atoms with Gasteiger partial charge < -0.3 is 15.0 Å². The van der Waals surface area contributed by atoms with Crippen molar-refractivity contribution in [3.8, 4) is 5.75 Å². The Morgan fingerprint density at radius 3 is 2.48 bits per heavy atom. The van der Waals surface area contributed by atoms with Crippen molar-refractivity contribution in [3.05, 3.63) is 29.8 Å². The molecule has 5 heteroatoms. The van der Waals surface area contributed by atoms with E-state index in [1.807, 2.05) is 24.3 Å². The van der Waals surface area contributed by atoms with Crippen LogP contribution >= 0.6 is 0 Å². The van der Waals surface area contributed by atoms with E-state index < -0.39 is 5.54 Å². The molecule has 3 rings (SSSR count). The maximum absolute atomic E-state index is 12.7. The second-order valence-corrected chi connectivity index (χ2v) is 5.85. The van der Waals surface area contributed by atoms with Gasteiger partial charge in [-0.05, 0) is 30.5 Å². The van der Waals surface area contributed by atoms with E-state index in [9.17, 15) is 9.59 Å². The van der Waals surface area contributed by atoms with Gasteiger partial charge in [0.05, 0.1) is 13.7 Å². The molecular weight excluding hydrogens is 268 g/mol. The number of rotatable bonds is 3. The van der Waals surface area contributed by atoms with E-state index in [1.165, 1.54) is 0 Å². The number of ether oxygens (including phenoxy) is 1. The van der Waals surface area contributed by atoms with Crippen LogP contribution in [-0.4, -0.2) is 35.9 Å². The second-order valence-electron chi connectivity index (χ2n) is 5.85. The van der Waals surface area contributed by atoms with Crippen LogP contribution in [0.3, 0.4) is 0 Å². The molecular formula is C16H20N2O3. The third kappa shape index (κ3) is 2.60. The van der Waals surface area contributed by atoms with E-state index >= 15 is 0 Å². The molecule has 1 saturated heterocycles. The zero-order chi connectivity index (χ0) is 14.9. The standard InChI is InChI=1S/C16H20N2O3/c1-21-13-6-4-12(5-7-13)10-18-11-14(19)17-16(15(18)20)8-2-3-9-16/h4-7H,2-3,8-11H2,1H3,(H,17,19). The third-order valence-electron chi connectivity index (χ3n) is 4.40. The summed E-state index contributed by atoms with van der Waals surface area (Å²) in [4.78, 5) is 26.3. The summed E-state index contributed by atoms with van der Waals surface area (Å²) >= 11 is 0. The Morgan fingerprint density at radius 1 is 1.19 bits per heavy atom. The second kappa shape index (κ2) is 5.39. The van der Waals surface area contributed by atoms with Gasteiger partial charge in [0.2, 0.25) is 11.8 Å². The van der Waals surface area contributed by atoms with Gasteiger partial charge in [-0.1, -0.05) is 25.0 Å². The van der Waals surface area contributed by atoms with Gasteiger partial charge in [0.25, 0.3) is 0 Å². The number of nitrogens with zero attached hydrogens (tertiary/aromatic N) is 1. The molecule has 1 aliphatic heterocycles. The fourth-order valence-electron chi connectivity index (χ4n) is 3.30. The summed E-state index contributed by atoms with van der Waals surface area (Å²) in [6, 6.07) is 7.60. The average Bonchev–Trinajstić information content (AvgIpc) is 2.94. The van der Waals surface area contributed by atoms with Crippen molar-refractivity contribution in [3.63, 3.8) is 0 Å². The highest BCUT2D eigenvalue weighted by atomic mass is 16.5. The van der Waals surface area contributed by atoms with E-state index in [4.69, 9.17) is 4.74 Å². The van der Waals surface area contributed by atoms with E-state index in [0.717, 1.165) is 37.0 Å². The smallest absolute Gasteiger partial charge is 0.249 e. The predicted octanol–water partition coefficient (Wildman–Crippen LogP) is 1.47. The van der Waals surface area contributed by atoms with Crippen LogP contribution in [-0.2, 0) is 16.1 Å². The quantitative estimate of drug-likeness (QED) is 0.916. The van der Waals surface area contributed by atoms with Gasteiger partial charge in [-0.25, -0.2) is 0 Å². The lowest BCUT2D eigenvalue weighted by atomic mass is 9.93. The zero-order valence-electron chi connectivity index (χ0n) is 12.2. The lowest BCUT2D eigenvalue weighted by Crippen LogP contribution is -2.65. The number of piperazine rings is 1. The van der Waals surface area contributed by atoms with Crippen molar-refractivity contribution in [1.29, 1.82) is 0 Å². The van der Waals surface area contributed by atoms with Gasteiger partial charge in [-0.2, -0.15) is 0 Å². The highest BCUT2D eigenvalue weighted by Gasteiger charge is 2.48. The summed E-state index contributed by atoms with van der Waals surface area (Å²) < 4.78 is 5.13. The molecule has 0 aromatic heterocycles. The maximum Gasteiger partial charge on any atom is 0.249 e. The number of carbonyl (C=O) groups is 2. The number of hydrogen-bond donors (Lipinski definition) is 1. The molecule has 2 amide bonds. The van der Waals surface area contributed by atoms with Gasteiger partial charge in [-0.3, -0.25) is 9.59 Å². The zero-order valence-corrected chi connectivity index (χ0v) is 12.2. The van der Waals surface area contributed by atoms with Crippen molar-refractivity contribution in [2.75, 3.05) is 13.7 Å². The fourth-order valence-corrected chi connectivity index (χ4v) is 3.30. The topological polar surface area (TPSA) is 58.6 Å². The summed E-state index contributed by atoms with van der Waals surface area (Å²) in [5, 5.41) is 2.93. The molecule has 1 spiro atoms. The number of amides is 2. The van der Waals surface area contributed by atoms with Crippen LogP contribution in [0.15, 0.2) is 24.3 Å². The van der Waals surface area contributed by atoms with Crippen LogP contribution in [0.2, 0.25) is 0 Å². The first-order valence-electron chi connectivity index (χ1n) is 7.36. The SMILES string of the molecule is COc1ccc(CN2CC(=O)NC3(CCCC3)C2=O)cc1. The Morgan fingerprint density at radius 2 is 1.86 bits per heavy atom. The number of carbonyl (C=O) groups excluding carboxylic acids is 2. The molecule has 5 nitrogen and oxygen atoms in total. The predicted molar refractivity (Wildman–Crippen MR) is 77.8 cm³/mol. The molecule has 2 fully saturated rings. The van der Waals surface area contributed by atoms with Crippen LogP contribution in [0, 0.1) is 0 Å². The molecule has 1 aromatic carbocycles. The summed E-state index contributed by atoms with van der Waals surface area (Å²) in [5.41, 5.74) is 0.369. The summed E-state index contributed by atoms with van der Waals surface area (Å²) in [7, 11) is 1.62. The maximum atomic E-state index is 12.7. The molecule has 21 heavy (non-hydrogen) atoms. The molecule has 0 radical (unpaired) electrons. The minimum Gasteiger partial charge on any atom is -0.497 e. The van der Waals surface area contributed by atoms with Crippen molar-refractivity contribution >= 4 is 11.8 Å². The van der Waals surface area contributed by atoms with E-state index in [1.54, 1.807) is 12.0 Å². The van der Waals surface area contributed by atoms with Crippen LogP contribution in [0.4, 0.5) is 0 Å². The van der Waals surface area contributed by atoms with Gasteiger partial charge in [0, 0.05) is 6.54 Å². The normalized spacial score (nSPS) is 20.7. The van der Waals surface area contributed by atoms with Gasteiger partial charge >= 0.3 is 0 Å². The van der Waals surface area contributed by atoms with Gasteiger partial charge in [0.1, 0.15) is 11.3 Å². The molecule has 1 aliphatic carbocycles. The fraction of sp³-hybridized carbons (Fsp3) is 0.500. The molecule has 1 N–H and O–H groups in total. The van der Waals surface area contributed by atoms with Crippen molar-refractivity contribution < 1.29 is 14.3 Å². The Balaban J connectivity index is 1.77.